The number of carbonyl (C=O) groups is 2. The van der Waals surface area contributed by atoms with Crippen LogP contribution in [0.3, 0.4) is 0 Å². The fourth-order valence-electron chi connectivity index (χ4n) is 3.55. The van der Waals surface area contributed by atoms with E-state index in [1.165, 1.54) is 6.07 Å². The van der Waals surface area contributed by atoms with Crippen LogP contribution < -0.4 is 9.21 Å². The van der Waals surface area contributed by atoms with Crippen LogP contribution in [0.2, 0.25) is 0 Å². The number of hydrogen-bond acceptors (Lipinski definition) is 4. The first-order chi connectivity index (χ1) is 11.1. The predicted molar refractivity (Wildman–Crippen MR) is 88.7 cm³/mol. The van der Waals surface area contributed by atoms with Gasteiger partial charge < -0.3 is 4.31 Å². The summed E-state index contributed by atoms with van der Waals surface area (Å²) in [5.74, 6) is -0.449. The Balaban J connectivity index is 1.77. The van der Waals surface area contributed by atoms with Crippen molar-refractivity contribution >= 4 is 35.1 Å². The Morgan fingerprint density at radius 3 is 2.35 bits per heavy atom. The maximum atomic E-state index is 14.6. The van der Waals surface area contributed by atoms with E-state index in [0.29, 0.717) is 24.0 Å². The molecule has 2 aliphatic heterocycles. The summed E-state index contributed by atoms with van der Waals surface area (Å²) < 4.78 is 16.6. The van der Waals surface area contributed by atoms with Gasteiger partial charge in [0.05, 0.1) is 11.4 Å². The molecule has 0 bridgehead atoms. The number of anilines is 2. The number of carbonyl (C=O) groups excluding carboxylic acids is 2. The van der Waals surface area contributed by atoms with Crippen LogP contribution in [0, 0.1) is 5.82 Å². The molecule has 23 heavy (non-hydrogen) atoms. The summed E-state index contributed by atoms with van der Waals surface area (Å²) in [5, 5.41) is 0. The van der Waals surface area contributed by atoms with Crippen molar-refractivity contribution in [3.8, 4) is 0 Å². The first-order valence-electron chi connectivity index (χ1n) is 7.95. The molecule has 120 valence electrons. The number of nitrogens with zero attached hydrogens (tertiary/aromatic N) is 2. The minimum Gasteiger partial charge on any atom is -0.316 e. The monoisotopic (exact) mass is 332 g/mol. The van der Waals surface area contributed by atoms with Crippen molar-refractivity contribution in [2.45, 2.75) is 38.4 Å². The fourth-order valence-corrected chi connectivity index (χ4v) is 4.57. The van der Waals surface area contributed by atoms with E-state index >= 15 is 0 Å². The highest BCUT2D eigenvalue weighted by Crippen LogP contribution is 2.43. The highest BCUT2D eigenvalue weighted by atomic mass is 32.2. The summed E-state index contributed by atoms with van der Waals surface area (Å²) in [7, 11) is 0. The minimum absolute atomic E-state index is 0.0918. The van der Waals surface area contributed by atoms with Gasteiger partial charge >= 0.3 is 0 Å². The van der Waals surface area contributed by atoms with E-state index < -0.39 is 5.82 Å². The summed E-state index contributed by atoms with van der Waals surface area (Å²) in [6.07, 6.45) is 3.08. The van der Waals surface area contributed by atoms with Crippen molar-refractivity contribution in [2.24, 2.45) is 0 Å². The molecule has 1 aromatic rings. The molecular formula is C17H17FN2O2S. The Morgan fingerprint density at radius 2 is 1.74 bits per heavy atom. The average molecular weight is 332 g/mol. The first kappa shape index (κ1) is 14.8. The molecule has 4 nitrogen and oxygen atoms in total. The molecule has 0 unspecified atom stereocenters. The van der Waals surface area contributed by atoms with Crippen LogP contribution in [-0.4, -0.2) is 18.4 Å². The zero-order chi connectivity index (χ0) is 16.1. The molecule has 0 N–H and O–H groups in total. The Hall–Kier alpha value is -1.82. The van der Waals surface area contributed by atoms with Gasteiger partial charge in [0.25, 0.3) is 11.8 Å². The lowest BCUT2D eigenvalue weighted by Gasteiger charge is -2.20. The number of hydrogen-bond donors (Lipinski definition) is 0. The molecule has 0 radical (unpaired) electrons. The van der Waals surface area contributed by atoms with Gasteiger partial charge in [-0.25, -0.2) is 9.29 Å². The summed E-state index contributed by atoms with van der Waals surface area (Å²) in [5.41, 5.74) is 3.08. The summed E-state index contributed by atoms with van der Waals surface area (Å²) >= 11 is 1.62. The maximum Gasteiger partial charge on any atom is 0.261 e. The zero-order valence-electron chi connectivity index (χ0n) is 12.9. The lowest BCUT2D eigenvalue weighted by molar-refractivity contribution is -0.120. The number of fused-ring (bicyclic) bond motifs is 1. The second-order valence-electron chi connectivity index (χ2n) is 6.01. The zero-order valence-corrected chi connectivity index (χ0v) is 13.7. The van der Waals surface area contributed by atoms with Gasteiger partial charge in [-0.2, -0.15) is 0 Å². The number of rotatable bonds is 2. The number of amides is 2. The Labute approximate surface area is 138 Å². The predicted octanol–water partition coefficient (Wildman–Crippen LogP) is 3.56. The molecule has 2 heterocycles. The molecule has 1 aliphatic carbocycles. The van der Waals surface area contributed by atoms with Crippen LogP contribution in [0.25, 0.3) is 0 Å². The summed E-state index contributed by atoms with van der Waals surface area (Å²) in [6, 6.07) is 3.12. The Morgan fingerprint density at radius 1 is 1.09 bits per heavy atom. The number of imide groups is 1. The molecule has 0 aromatic heterocycles. The van der Waals surface area contributed by atoms with Gasteiger partial charge in [-0.1, -0.05) is 0 Å². The normalized spacial score (nSPS) is 20.4. The smallest absolute Gasteiger partial charge is 0.261 e. The molecular weight excluding hydrogens is 315 g/mol. The third kappa shape index (κ3) is 2.11. The second kappa shape index (κ2) is 5.37. The average Bonchev–Trinajstić information content (AvgIpc) is 3.06. The van der Waals surface area contributed by atoms with Crippen molar-refractivity contribution in [3.05, 3.63) is 34.7 Å². The second-order valence-corrected chi connectivity index (χ2v) is 7.00. The maximum absolute atomic E-state index is 14.6. The third-order valence-corrected chi connectivity index (χ3v) is 5.92. The Bertz CT molecular complexity index is 731. The van der Waals surface area contributed by atoms with Crippen LogP contribution in [0.1, 0.15) is 38.2 Å². The van der Waals surface area contributed by atoms with E-state index in [9.17, 15) is 14.0 Å². The first-order valence-corrected chi connectivity index (χ1v) is 8.89. The van der Waals surface area contributed by atoms with Crippen molar-refractivity contribution < 1.29 is 14.0 Å². The van der Waals surface area contributed by atoms with Crippen molar-refractivity contribution in [3.63, 3.8) is 0 Å². The van der Waals surface area contributed by atoms with Gasteiger partial charge in [-0.05, 0) is 62.3 Å². The molecule has 3 aliphatic rings. The van der Waals surface area contributed by atoms with Crippen LogP contribution in [0.4, 0.5) is 15.8 Å². The number of halogens is 1. The van der Waals surface area contributed by atoms with Crippen LogP contribution in [0.5, 0.6) is 0 Å². The molecule has 2 amide bonds. The highest BCUT2D eigenvalue weighted by molar-refractivity contribution is 8.00. The molecule has 0 fully saturated rings. The summed E-state index contributed by atoms with van der Waals surface area (Å²) in [6.45, 7) is 2.82. The highest BCUT2D eigenvalue weighted by Gasteiger charge is 2.41. The van der Waals surface area contributed by atoms with E-state index in [-0.39, 0.29) is 17.5 Å². The fraction of sp³-hybridized carbons (Fsp3) is 0.412. The van der Waals surface area contributed by atoms with Crippen molar-refractivity contribution in [1.29, 1.82) is 0 Å². The third-order valence-electron chi connectivity index (χ3n) is 4.71. The Kier molecular flexibility index (Phi) is 3.44. The van der Waals surface area contributed by atoms with Gasteiger partial charge in [0.1, 0.15) is 5.82 Å². The van der Waals surface area contributed by atoms with Gasteiger partial charge in [0, 0.05) is 23.4 Å². The lowest BCUT2D eigenvalue weighted by atomic mass is 9.93. The molecule has 0 spiro atoms. The van der Waals surface area contributed by atoms with E-state index in [1.54, 1.807) is 18.0 Å². The van der Waals surface area contributed by atoms with E-state index in [1.807, 2.05) is 6.92 Å². The molecule has 0 saturated heterocycles. The van der Waals surface area contributed by atoms with Crippen LogP contribution in [-0.2, 0) is 15.3 Å². The number of benzene rings is 1. The summed E-state index contributed by atoms with van der Waals surface area (Å²) in [4.78, 5) is 26.3. The van der Waals surface area contributed by atoms with Gasteiger partial charge in [-0.15, -0.1) is 0 Å². The lowest BCUT2D eigenvalue weighted by Crippen LogP contribution is -2.32. The minimum atomic E-state index is -0.496. The van der Waals surface area contributed by atoms with E-state index in [0.717, 1.165) is 41.3 Å². The molecule has 0 atom stereocenters. The van der Waals surface area contributed by atoms with Crippen molar-refractivity contribution in [2.75, 3.05) is 15.7 Å². The van der Waals surface area contributed by atoms with Crippen LogP contribution >= 0.6 is 11.9 Å². The van der Waals surface area contributed by atoms with Crippen LogP contribution in [0.15, 0.2) is 23.3 Å². The molecule has 0 saturated carbocycles. The topological polar surface area (TPSA) is 40.6 Å². The molecule has 4 rings (SSSR count). The van der Waals surface area contributed by atoms with Crippen molar-refractivity contribution in [1.82, 2.24) is 0 Å². The van der Waals surface area contributed by atoms with Gasteiger partial charge in [0.15, 0.2) is 0 Å². The molecule has 6 heteroatoms. The largest absolute Gasteiger partial charge is 0.316 e. The van der Waals surface area contributed by atoms with E-state index in [2.05, 4.69) is 4.31 Å². The molecule has 1 aromatic carbocycles. The van der Waals surface area contributed by atoms with Gasteiger partial charge in [0.2, 0.25) is 0 Å². The standard InChI is InChI=1S/C17H17FN2O2S/c1-2-19-14-8-15(13(18)7-10(14)9-23-19)20-16(21)11-5-3-4-6-12(11)17(20)22/h7-8H,2-6,9H2,1H3. The van der Waals surface area contributed by atoms with E-state index in [4.69, 9.17) is 0 Å². The SMILES string of the molecule is CCN1SCc2cc(F)c(N3C(=O)C4=C(CCCC4)C3=O)cc21. The van der Waals surface area contributed by atoms with Gasteiger partial charge in [-0.3, -0.25) is 9.59 Å². The quantitative estimate of drug-likeness (QED) is 0.613.